The van der Waals surface area contributed by atoms with E-state index in [2.05, 4.69) is 22.0 Å². The third-order valence-electron chi connectivity index (χ3n) is 0.486. The Morgan fingerprint density at radius 1 is 1.86 bits per heavy atom. The molecule has 1 aromatic rings. The SMILES string of the molecule is Clc1c[c]c(Br)s1. The molecule has 0 aliphatic carbocycles. The zero-order chi connectivity index (χ0) is 5.28. The highest BCUT2D eigenvalue weighted by Crippen LogP contribution is 2.24. The first kappa shape index (κ1) is 5.60. The van der Waals surface area contributed by atoms with Crippen LogP contribution in [0.15, 0.2) is 9.85 Å². The van der Waals surface area contributed by atoms with Crippen molar-refractivity contribution in [3.8, 4) is 0 Å². The summed E-state index contributed by atoms with van der Waals surface area (Å²) >= 11 is 10.2. The van der Waals surface area contributed by atoms with Crippen LogP contribution in [-0.4, -0.2) is 0 Å². The molecule has 1 rings (SSSR count). The van der Waals surface area contributed by atoms with Gasteiger partial charge in [-0.2, -0.15) is 0 Å². The smallest absolute Gasteiger partial charge is 0.0946 e. The van der Waals surface area contributed by atoms with Gasteiger partial charge in [0, 0.05) is 6.07 Å². The predicted molar refractivity (Wildman–Crippen MR) is 35.9 cm³/mol. The van der Waals surface area contributed by atoms with Crippen LogP contribution in [0.5, 0.6) is 0 Å². The fraction of sp³-hybridized carbons (Fsp3) is 0. The van der Waals surface area contributed by atoms with Crippen molar-refractivity contribution in [2.75, 3.05) is 0 Å². The molecule has 37 valence electrons. The predicted octanol–water partition coefficient (Wildman–Crippen LogP) is 2.96. The number of halogens is 2. The van der Waals surface area contributed by atoms with Gasteiger partial charge < -0.3 is 0 Å². The maximum Gasteiger partial charge on any atom is 0.0946 e. The highest BCUT2D eigenvalue weighted by Gasteiger charge is 1.89. The number of thiophene rings is 1. The van der Waals surface area contributed by atoms with E-state index >= 15 is 0 Å². The minimum atomic E-state index is 0.770. The standard InChI is InChI=1S/C4HBrClS/c5-3-1-2-4(6)7-3/h2H. The van der Waals surface area contributed by atoms with Gasteiger partial charge in [-0.3, -0.25) is 0 Å². The molecule has 0 N–H and O–H groups in total. The van der Waals surface area contributed by atoms with Gasteiger partial charge in [-0.05, 0) is 22.0 Å². The molecule has 0 nitrogen and oxygen atoms in total. The first-order chi connectivity index (χ1) is 3.29. The van der Waals surface area contributed by atoms with Crippen LogP contribution in [0.3, 0.4) is 0 Å². The molecule has 1 radical (unpaired) electrons. The molecule has 0 aliphatic rings. The molecular weight excluding hydrogens is 195 g/mol. The van der Waals surface area contributed by atoms with Crippen molar-refractivity contribution in [2.24, 2.45) is 0 Å². The minimum absolute atomic E-state index is 0.770. The second-order valence-corrected chi connectivity index (χ2v) is 3.97. The normalized spacial score (nSPS) is 9.43. The van der Waals surface area contributed by atoms with Gasteiger partial charge in [0.25, 0.3) is 0 Å². The minimum Gasteiger partial charge on any atom is -0.116 e. The van der Waals surface area contributed by atoms with Gasteiger partial charge in [0.05, 0.1) is 8.12 Å². The van der Waals surface area contributed by atoms with Crippen LogP contribution in [-0.2, 0) is 0 Å². The Morgan fingerprint density at radius 3 is 2.71 bits per heavy atom. The summed E-state index contributed by atoms with van der Waals surface area (Å²) in [7, 11) is 0. The van der Waals surface area contributed by atoms with Crippen molar-refractivity contribution in [1.82, 2.24) is 0 Å². The molecule has 0 aliphatic heterocycles. The molecule has 0 bridgehead atoms. The fourth-order valence-corrected chi connectivity index (χ4v) is 1.87. The van der Waals surface area contributed by atoms with Crippen molar-refractivity contribution in [2.45, 2.75) is 0 Å². The average molecular weight is 196 g/mol. The Hall–Kier alpha value is 0.470. The van der Waals surface area contributed by atoms with Crippen LogP contribution in [0.1, 0.15) is 0 Å². The summed E-state index contributed by atoms with van der Waals surface area (Å²) < 4.78 is 1.73. The third kappa shape index (κ3) is 1.44. The van der Waals surface area contributed by atoms with Crippen LogP contribution >= 0.6 is 38.9 Å². The second-order valence-electron chi connectivity index (χ2n) is 0.969. The largest absolute Gasteiger partial charge is 0.116 e. The quantitative estimate of drug-likeness (QED) is 0.598. The van der Waals surface area contributed by atoms with Crippen LogP contribution < -0.4 is 0 Å². The topological polar surface area (TPSA) is 0 Å². The lowest BCUT2D eigenvalue weighted by Gasteiger charge is -1.66. The molecule has 0 spiro atoms. The molecule has 3 heteroatoms. The van der Waals surface area contributed by atoms with E-state index in [9.17, 15) is 0 Å². The molecule has 0 amide bonds. The van der Waals surface area contributed by atoms with E-state index in [0.717, 1.165) is 8.12 Å². The van der Waals surface area contributed by atoms with Gasteiger partial charge in [0.15, 0.2) is 0 Å². The second kappa shape index (κ2) is 2.16. The molecule has 0 fully saturated rings. The Kier molecular flexibility index (Phi) is 1.73. The summed E-state index contributed by atoms with van der Waals surface area (Å²) in [5.41, 5.74) is 0. The van der Waals surface area contributed by atoms with Gasteiger partial charge >= 0.3 is 0 Å². The maximum atomic E-state index is 5.52. The molecule has 1 heterocycles. The van der Waals surface area contributed by atoms with Crippen LogP contribution in [0.25, 0.3) is 0 Å². The van der Waals surface area contributed by atoms with Crippen LogP contribution in [0.4, 0.5) is 0 Å². The summed E-state index contributed by atoms with van der Waals surface area (Å²) in [4.78, 5) is 0. The fourth-order valence-electron chi connectivity index (χ4n) is 0.258. The van der Waals surface area contributed by atoms with E-state index in [1.807, 2.05) is 0 Å². The van der Waals surface area contributed by atoms with Crippen LogP contribution in [0.2, 0.25) is 4.34 Å². The molecule has 7 heavy (non-hydrogen) atoms. The van der Waals surface area contributed by atoms with Gasteiger partial charge in [0.2, 0.25) is 0 Å². The van der Waals surface area contributed by atoms with E-state index in [1.165, 1.54) is 11.3 Å². The summed E-state index contributed by atoms with van der Waals surface area (Å²) in [5, 5.41) is 0. The van der Waals surface area contributed by atoms with E-state index in [1.54, 1.807) is 6.07 Å². The van der Waals surface area contributed by atoms with E-state index in [0.29, 0.717) is 0 Å². The zero-order valence-corrected chi connectivity index (χ0v) is 6.40. The van der Waals surface area contributed by atoms with Crippen molar-refractivity contribution in [3.63, 3.8) is 0 Å². The molecule has 0 saturated heterocycles. The first-order valence-electron chi connectivity index (χ1n) is 1.61. The molecule has 0 unspecified atom stereocenters. The third-order valence-corrected chi connectivity index (χ3v) is 2.15. The molecule has 0 saturated carbocycles. The average Bonchev–Trinajstić information content (AvgIpc) is 1.87. The lowest BCUT2D eigenvalue weighted by atomic mass is 10.7. The molecule has 1 aromatic heterocycles. The zero-order valence-electron chi connectivity index (χ0n) is 3.24. The highest BCUT2D eigenvalue weighted by molar-refractivity contribution is 9.11. The lowest BCUT2D eigenvalue weighted by Crippen LogP contribution is -1.32. The van der Waals surface area contributed by atoms with Crippen molar-refractivity contribution < 1.29 is 0 Å². The van der Waals surface area contributed by atoms with Crippen molar-refractivity contribution in [1.29, 1.82) is 0 Å². The van der Waals surface area contributed by atoms with Crippen molar-refractivity contribution >= 4 is 38.9 Å². The van der Waals surface area contributed by atoms with Gasteiger partial charge in [-0.15, -0.1) is 11.3 Å². The number of rotatable bonds is 0. The van der Waals surface area contributed by atoms with Gasteiger partial charge in [-0.25, -0.2) is 0 Å². The summed E-state index contributed by atoms with van der Waals surface area (Å²) in [6.45, 7) is 0. The van der Waals surface area contributed by atoms with E-state index in [-0.39, 0.29) is 0 Å². The van der Waals surface area contributed by atoms with E-state index in [4.69, 9.17) is 11.6 Å². The summed E-state index contributed by atoms with van der Waals surface area (Å²) in [6.07, 6.45) is 0. The summed E-state index contributed by atoms with van der Waals surface area (Å²) in [5.74, 6) is 0. The Balaban J connectivity index is 3.04. The van der Waals surface area contributed by atoms with Crippen LogP contribution in [0, 0.1) is 6.07 Å². The highest BCUT2D eigenvalue weighted by atomic mass is 79.9. The molecule has 0 aromatic carbocycles. The van der Waals surface area contributed by atoms with E-state index < -0.39 is 0 Å². The van der Waals surface area contributed by atoms with Crippen molar-refractivity contribution in [3.05, 3.63) is 20.3 Å². The first-order valence-corrected chi connectivity index (χ1v) is 3.60. The number of hydrogen-bond donors (Lipinski definition) is 0. The molecular formula is C4HBrClS. The Morgan fingerprint density at radius 2 is 2.57 bits per heavy atom. The number of hydrogen-bond acceptors (Lipinski definition) is 1. The Labute approximate surface area is 59.2 Å². The summed E-state index contributed by atoms with van der Waals surface area (Å²) in [6, 6.07) is 4.60. The molecule has 0 atom stereocenters. The lowest BCUT2D eigenvalue weighted by molar-refractivity contribution is 1.93. The monoisotopic (exact) mass is 195 g/mol. The van der Waals surface area contributed by atoms with Gasteiger partial charge in [-0.1, -0.05) is 11.6 Å². The Bertz CT molecular complexity index is 144. The maximum absolute atomic E-state index is 5.52. The van der Waals surface area contributed by atoms with Gasteiger partial charge in [0.1, 0.15) is 0 Å².